The number of hydrogen-bond donors (Lipinski definition) is 0. The third-order valence-corrected chi connectivity index (χ3v) is 5.41. The molecule has 8 nitrogen and oxygen atoms in total. The third kappa shape index (κ3) is 4.46. The van der Waals surface area contributed by atoms with Crippen LogP contribution in [0.25, 0.3) is 11.3 Å². The number of carbonyl (C=O) groups excluding carboxylic acids is 1. The lowest BCUT2D eigenvalue weighted by molar-refractivity contribution is -0.117. The molecule has 1 aliphatic heterocycles. The molecule has 3 aromatic rings. The number of ether oxygens (including phenoxy) is 2. The Hall–Kier alpha value is -3.59. The number of nitrogens with zero attached hydrogens (tertiary/aromatic N) is 5. The van der Waals surface area contributed by atoms with E-state index in [9.17, 15) is 4.79 Å². The first kappa shape index (κ1) is 20.7. The summed E-state index contributed by atoms with van der Waals surface area (Å²) in [4.78, 5) is 17.5. The van der Waals surface area contributed by atoms with E-state index in [0.717, 1.165) is 22.8 Å². The number of anilines is 1. The Labute approximate surface area is 183 Å². The Balaban J connectivity index is 1.48. The maximum absolute atomic E-state index is 12.9. The second-order valence-electron chi connectivity index (χ2n) is 6.68. The number of carbonyl (C=O) groups is 1. The highest BCUT2D eigenvalue weighted by molar-refractivity contribution is 7.14. The van der Waals surface area contributed by atoms with Gasteiger partial charge in [-0.3, -0.25) is 4.79 Å². The normalized spacial score (nSPS) is 16.1. The summed E-state index contributed by atoms with van der Waals surface area (Å²) in [5.74, 6) is 1.26. The second-order valence-corrected chi connectivity index (χ2v) is 7.52. The van der Waals surface area contributed by atoms with E-state index in [0.29, 0.717) is 23.1 Å². The van der Waals surface area contributed by atoms with Gasteiger partial charge < -0.3 is 9.47 Å². The summed E-state index contributed by atoms with van der Waals surface area (Å²) in [6.07, 6.45) is 0. The number of amides is 1. The van der Waals surface area contributed by atoms with Gasteiger partial charge in [-0.15, -0.1) is 11.3 Å². The number of aromatic nitrogens is 1. The van der Waals surface area contributed by atoms with Crippen molar-refractivity contribution >= 4 is 33.8 Å². The molecule has 0 bridgehead atoms. The summed E-state index contributed by atoms with van der Waals surface area (Å²) in [5, 5.41) is 16.5. The average molecular weight is 436 g/mol. The van der Waals surface area contributed by atoms with E-state index in [1.165, 1.54) is 16.3 Å². The molecular formula is C22H21N5O3S. The van der Waals surface area contributed by atoms with Crippen molar-refractivity contribution in [2.24, 2.45) is 15.3 Å². The fourth-order valence-electron chi connectivity index (χ4n) is 2.98. The highest BCUT2D eigenvalue weighted by Gasteiger charge is 2.36. The number of azo groups is 1. The maximum atomic E-state index is 12.9. The van der Waals surface area contributed by atoms with E-state index >= 15 is 0 Å². The van der Waals surface area contributed by atoms with Crippen molar-refractivity contribution in [3.05, 3.63) is 53.9 Å². The number of methoxy groups -OCH3 is 1. The highest BCUT2D eigenvalue weighted by Crippen LogP contribution is 2.31. The lowest BCUT2D eigenvalue weighted by Gasteiger charge is -2.08. The van der Waals surface area contributed by atoms with Crippen molar-refractivity contribution in [1.29, 1.82) is 0 Å². The van der Waals surface area contributed by atoms with Gasteiger partial charge in [0.25, 0.3) is 5.91 Å². The van der Waals surface area contributed by atoms with Gasteiger partial charge in [-0.25, -0.2) is 4.98 Å². The fraction of sp³-hybridized carbons (Fsp3) is 0.227. The molecule has 1 aliphatic rings. The molecule has 4 rings (SSSR count). The Kier molecular flexibility index (Phi) is 6.03. The summed E-state index contributed by atoms with van der Waals surface area (Å²) in [5.41, 5.74) is 2.91. The summed E-state index contributed by atoms with van der Waals surface area (Å²) in [6, 6.07) is 14.0. The molecule has 9 heteroatoms. The van der Waals surface area contributed by atoms with E-state index in [4.69, 9.17) is 9.47 Å². The molecule has 0 radical (unpaired) electrons. The first-order valence-corrected chi connectivity index (χ1v) is 10.6. The molecular weight excluding hydrogens is 414 g/mol. The van der Waals surface area contributed by atoms with Crippen LogP contribution in [-0.2, 0) is 4.79 Å². The van der Waals surface area contributed by atoms with Gasteiger partial charge in [-0.2, -0.15) is 20.3 Å². The molecule has 0 unspecified atom stereocenters. The second kappa shape index (κ2) is 9.05. The fourth-order valence-corrected chi connectivity index (χ4v) is 3.77. The van der Waals surface area contributed by atoms with Crippen LogP contribution in [-0.4, -0.2) is 36.4 Å². The zero-order valence-corrected chi connectivity index (χ0v) is 18.2. The van der Waals surface area contributed by atoms with Crippen LogP contribution in [0.1, 0.15) is 13.8 Å². The zero-order chi connectivity index (χ0) is 21.8. The largest absolute Gasteiger partial charge is 0.497 e. The Morgan fingerprint density at radius 3 is 2.48 bits per heavy atom. The average Bonchev–Trinajstić information content (AvgIpc) is 3.38. The minimum atomic E-state index is -0.764. The summed E-state index contributed by atoms with van der Waals surface area (Å²) >= 11 is 1.35. The van der Waals surface area contributed by atoms with Crippen molar-refractivity contribution in [1.82, 2.24) is 4.98 Å². The first-order valence-electron chi connectivity index (χ1n) is 9.71. The van der Waals surface area contributed by atoms with Crippen LogP contribution in [0.5, 0.6) is 11.5 Å². The van der Waals surface area contributed by atoms with Gasteiger partial charge in [-0.05, 0) is 62.4 Å². The summed E-state index contributed by atoms with van der Waals surface area (Å²) < 4.78 is 10.6. The predicted octanol–water partition coefficient (Wildman–Crippen LogP) is 5.09. The molecule has 2 aromatic carbocycles. The van der Waals surface area contributed by atoms with Gasteiger partial charge in [0.2, 0.25) is 5.13 Å². The van der Waals surface area contributed by atoms with Crippen molar-refractivity contribution in [3.8, 4) is 22.8 Å². The third-order valence-electron chi connectivity index (χ3n) is 4.59. The van der Waals surface area contributed by atoms with Crippen LogP contribution in [0.4, 0.5) is 10.8 Å². The standard InChI is InChI=1S/C22H21N5O3S/c1-4-30-18-11-7-16(8-12-18)24-25-20-14(2)26-27(21(20)28)22-23-19(13-31-22)15-5-9-17(29-3)10-6-15/h5-13,20H,4H2,1-3H3/t20-/m0/s1. The van der Waals surface area contributed by atoms with E-state index in [2.05, 4.69) is 20.3 Å². The molecule has 0 N–H and O–H groups in total. The number of thiazole rings is 1. The smallest absolute Gasteiger partial charge is 0.282 e. The van der Waals surface area contributed by atoms with Crippen LogP contribution in [0, 0.1) is 0 Å². The molecule has 1 aromatic heterocycles. The molecule has 2 heterocycles. The monoisotopic (exact) mass is 435 g/mol. The first-order chi connectivity index (χ1) is 15.1. The number of hydrazone groups is 1. The molecule has 0 saturated heterocycles. The maximum Gasteiger partial charge on any atom is 0.282 e. The topological polar surface area (TPSA) is 88.7 Å². The quantitative estimate of drug-likeness (QED) is 0.483. The number of hydrogen-bond acceptors (Lipinski definition) is 8. The van der Waals surface area contributed by atoms with Gasteiger partial charge in [-0.1, -0.05) is 0 Å². The van der Waals surface area contributed by atoms with Crippen molar-refractivity contribution in [2.45, 2.75) is 19.9 Å². The van der Waals surface area contributed by atoms with Crippen molar-refractivity contribution in [2.75, 3.05) is 18.7 Å². The molecule has 158 valence electrons. The summed E-state index contributed by atoms with van der Waals surface area (Å²) in [6.45, 7) is 4.28. The minimum Gasteiger partial charge on any atom is -0.497 e. The van der Waals surface area contributed by atoms with Gasteiger partial charge in [0.15, 0.2) is 6.04 Å². The Morgan fingerprint density at radius 1 is 1.10 bits per heavy atom. The SMILES string of the molecule is CCOc1ccc(N=N[C@@H]2C(=O)N(c3nc(-c4ccc(OC)cc4)cs3)N=C2C)cc1. The van der Waals surface area contributed by atoms with E-state index in [1.54, 1.807) is 26.2 Å². The van der Waals surface area contributed by atoms with Crippen molar-refractivity contribution < 1.29 is 14.3 Å². The lowest BCUT2D eigenvalue weighted by Crippen LogP contribution is -2.29. The molecule has 0 spiro atoms. The van der Waals surface area contributed by atoms with Gasteiger partial charge in [0.05, 0.1) is 30.8 Å². The number of rotatable bonds is 7. The Bertz CT molecular complexity index is 1120. The van der Waals surface area contributed by atoms with Crippen molar-refractivity contribution in [3.63, 3.8) is 0 Å². The van der Waals surface area contributed by atoms with E-state index < -0.39 is 6.04 Å². The molecule has 1 atom stereocenters. The van der Waals surface area contributed by atoms with Crippen LogP contribution in [0.3, 0.4) is 0 Å². The minimum absolute atomic E-state index is 0.275. The van der Waals surface area contributed by atoms with Gasteiger partial charge in [0, 0.05) is 10.9 Å². The molecule has 1 amide bonds. The van der Waals surface area contributed by atoms with Gasteiger partial charge >= 0.3 is 0 Å². The predicted molar refractivity (Wildman–Crippen MR) is 121 cm³/mol. The summed E-state index contributed by atoms with van der Waals surface area (Å²) in [7, 11) is 1.62. The molecule has 0 fully saturated rings. The van der Waals surface area contributed by atoms with E-state index in [1.807, 2.05) is 48.7 Å². The van der Waals surface area contributed by atoms with Crippen LogP contribution < -0.4 is 14.5 Å². The van der Waals surface area contributed by atoms with E-state index in [-0.39, 0.29) is 5.91 Å². The number of benzene rings is 2. The van der Waals surface area contributed by atoms with Crippen LogP contribution in [0.2, 0.25) is 0 Å². The molecule has 0 aliphatic carbocycles. The molecule has 0 saturated carbocycles. The van der Waals surface area contributed by atoms with Crippen LogP contribution in [0.15, 0.2) is 69.2 Å². The lowest BCUT2D eigenvalue weighted by atomic mass is 10.2. The van der Waals surface area contributed by atoms with Crippen LogP contribution >= 0.6 is 11.3 Å². The zero-order valence-electron chi connectivity index (χ0n) is 17.3. The molecule has 31 heavy (non-hydrogen) atoms. The highest BCUT2D eigenvalue weighted by atomic mass is 32.1. The van der Waals surface area contributed by atoms with Gasteiger partial charge in [0.1, 0.15) is 11.5 Å². The Morgan fingerprint density at radius 2 is 1.81 bits per heavy atom.